The Morgan fingerprint density at radius 2 is 1.14 bits per heavy atom. The molecule has 2 heteroatoms. The maximum Gasteiger partial charge on any atom is 0.125 e. The van der Waals surface area contributed by atoms with E-state index in [2.05, 4.69) is 6.92 Å². The quantitative estimate of drug-likeness (QED) is 0.295. The summed E-state index contributed by atoms with van der Waals surface area (Å²) in [5, 5.41) is 9.37. The fourth-order valence-corrected chi connectivity index (χ4v) is 2.82. The van der Waals surface area contributed by atoms with Crippen LogP contribution in [0, 0.1) is 5.92 Å². The van der Waals surface area contributed by atoms with E-state index < -0.39 is 6.10 Å². The Bertz CT molecular complexity index is 214. The average Bonchev–Trinajstić information content (AvgIpc) is 2.47. The smallest absolute Gasteiger partial charge is 0.125 e. The lowest BCUT2D eigenvalue weighted by molar-refractivity contribution is -0.114. The van der Waals surface area contributed by atoms with Crippen molar-refractivity contribution in [3.63, 3.8) is 0 Å². The number of rotatable bonds is 16. The Balaban J connectivity index is 3.14. The van der Waals surface area contributed by atoms with Crippen LogP contribution in [0.5, 0.6) is 0 Å². The van der Waals surface area contributed by atoms with Crippen molar-refractivity contribution in [1.29, 1.82) is 0 Å². The highest BCUT2D eigenvalue weighted by molar-refractivity contribution is 5.54. The van der Waals surface area contributed by atoms with Gasteiger partial charge in [0.1, 0.15) is 6.29 Å². The molecule has 0 aromatic rings. The molecule has 0 radical (unpaired) electrons. The number of aldehydes is 1. The average molecular weight is 299 g/mol. The molecule has 0 amide bonds. The molecule has 0 aromatic carbocycles. The van der Waals surface area contributed by atoms with Crippen LogP contribution >= 0.6 is 0 Å². The highest BCUT2D eigenvalue weighted by Crippen LogP contribution is 2.15. The van der Waals surface area contributed by atoms with Gasteiger partial charge in [-0.1, -0.05) is 90.4 Å². The summed E-state index contributed by atoms with van der Waals surface area (Å²) < 4.78 is 0. The minimum Gasteiger partial charge on any atom is -0.393 e. The molecule has 0 aromatic heterocycles. The van der Waals surface area contributed by atoms with E-state index in [1.807, 2.05) is 0 Å². The third-order valence-electron chi connectivity index (χ3n) is 4.44. The summed E-state index contributed by atoms with van der Waals surface area (Å²) in [6.45, 7) is 3.98. The molecule has 0 fully saturated rings. The monoisotopic (exact) mass is 298 g/mol. The Morgan fingerprint density at radius 1 is 0.762 bits per heavy atom. The third kappa shape index (κ3) is 14.3. The maximum absolute atomic E-state index is 10.7. The molecular weight excluding hydrogens is 260 g/mol. The summed E-state index contributed by atoms with van der Waals surface area (Å²) in [4.78, 5) is 10.7. The lowest BCUT2D eigenvalue weighted by Gasteiger charge is -2.12. The molecule has 0 aliphatic rings. The second-order valence-electron chi connectivity index (χ2n) is 6.57. The summed E-state index contributed by atoms with van der Waals surface area (Å²) in [5.74, 6) is -0.155. The number of aliphatic hydroxyl groups is 1. The van der Waals surface area contributed by atoms with Crippen LogP contribution in [0.1, 0.15) is 104 Å². The van der Waals surface area contributed by atoms with Gasteiger partial charge in [-0.15, -0.1) is 0 Å². The van der Waals surface area contributed by atoms with Crippen molar-refractivity contribution in [2.45, 2.75) is 110 Å². The van der Waals surface area contributed by atoms with Gasteiger partial charge in [0.15, 0.2) is 0 Å². The molecule has 0 spiro atoms. The number of hydrogen-bond donors (Lipinski definition) is 1. The molecule has 2 unspecified atom stereocenters. The van der Waals surface area contributed by atoms with Gasteiger partial charge in [0.25, 0.3) is 0 Å². The summed E-state index contributed by atoms with van der Waals surface area (Å²) in [6, 6.07) is 0. The third-order valence-corrected chi connectivity index (χ3v) is 4.44. The molecule has 0 aliphatic heterocycles. The normalized spacial score (nSPS) is 14.0. The van der Waals surface area contributed by atoms with Crippen molar-refractivity contribution in [3.05, 3.63) is 0 Å². The van der Waals surface area contributed by atoms with Crippen LogP contribution < -0.4 is 0 Å². The van der Waals surface area contributed by atoms with E-state index in [0.29, 0.717) is 0 Å². The van der Waals surface area contributed by atoms with E-state index >= 15 is 0 Å². The highest BCUT2D eigenvalue weighted by atomic mass is 16.3. The summed E-state index contributed by atoms with van der Waals surface area (Å²) in [7, 11) is 0. The SMILES string of the molecule is CCCCCCCCCCCCCCCC(C=O)C(C)O. The fraction of sp³-hybridized carbons (Fsp3) is 0.947. The minimum absolute atomic E-state index is 0.155. The van der Waals surface area contributed by atoms with Crippen molar-refractivity contribution < 1.29 is 9.90 Å². The second-order valence-corrected chi connectivity index (χ2v) is 6.57. The number of hydrogen-bond acceptors (Lipinski definition) is 2. The molecule has 126 valence electrons. The van der Waals surface area contributed by atoms with Crippen LogP contribution in [0.2, 0.25) is 0 Å². The first-order valence-corrected chi connectivity index (χ1v) is 9.35. The van der Waals surface area contributed by atoms with Crippen molar-refractivity contribution >= 4 is 6.29 Å². The van der Waals surface area contributed by atoms with Crippen molar-refractivity contribution in [2.75, 3.05) is 0 Å². The summed E-state index contributed by atoms with van der Waals surface area (Å²) in [5.41, 5.74) is 0. The van der Waals surface area contributed by atoms with Crippen molar-refractivity contribution in [2.24, 2.45) is 5.92 Å². The van der Waals surface area contributed by atoms with Crippen LogP contribution in [0.4, 0.5) is 0 Å². The zero-order chi connectivity index (χ0) is 15.8. The Labute approximate surface area is 132 Å². The number of unbranched alkanes of at least 4 members (excludes halogenated alkanes) is 12. The van der Waals surface area contributed by atoms with Gasteiger partial charge in [0, 0.05) is 5.92 Å². The molecule has 1 N–H and O–H groups in total. The first-order chi connectivity index (χ1) is 10.2. The van der Waals surface area contributed by atoms with Crippen LogP contribution in [-0.4, -0.2) is 17.5 Å². The van der Waals surface area contributed by atoms with Gasteiger partial charge in [0.2, 0.25) is 0 Å². The molecule has 0 saturated carbocycles. The topological polar surface area (TPSA) is 37.3 Å². The zero-order valence-corrected chi connectivity index (χ0v) is 14.5. The molecule has 0 aliphatic carbocycles. The molecule has 0 saturated heterocycles. The van der Waals surface area contributed by atoms with E-state index in [-0.39, 0.29) is 5.92 Å². The molecule has 0 heterocycles. The summed E-state index contributed by atoms with van der Waals surface area (Å²) in [6.07, 6.45) is 18.7. The van der Waals surface area contributed by atoms with E-state index in [1.54, 1.807) is 6.92 Å². The lowest BCUT2D eigenvalue weighted by Crippen LogP contribution is -2.17. The second kappa shape index (κ2) is 16.0. The molecule has 0 rings (SSSR count). The Kier molecular flexibility index (Phi) is 15.7. The van der Waals surface area contributed by atoms with Gasteiger partial charge >= 0.3 is 0 Å². The van der Waals surface area contributed by atoms with Crippen molar-refractivity contribution in [1.82, 2.24) is 0 Å². The molecule has 21 heavy (non-hydrogen) atoms. The van der Waals surface area contributed by atoms with E-state index in [9.17, 15) is 9.90 Å². The van der Waals surface area contributed by atoms with Crippen LogP contribution in [-0.2, 0) is 4.79 Å². The Morgan fingerprint density at radius 3 is 1.48 bits per heavy atom. The van der Waals surface area contributed by atoms with Gasteiger partial charge in [0.05, 0.1) is 6.10 Å². The van der Waals surface area contributed by atoms with Crippen molar-refractivity contribution in [3.8, 4) is 0 Å². The molecule has 2 nitrogen and oxygen atoms in total. The molecular formula is C19H38O2. The standard InChI is InChI=1S/C19H38O2/c1-3-4-5-6-7-8-9-10-11-12-13-14-15-16-19(17-20)18(2)21/h17-19,21H,3-16H2,1-2H3. The number of carbonyl (C=O) groups is 1. The number of aliphatic hydroxyl groups excluding tert-OH is 1. The zero-order valence-electron chi connectivity index (χ0n) is 14.5. The van der Waals surface area contributed by atoms with Crippen LogP contribution in [0.3, 0.4) is 0 Å². The predicted molar refractivity (Wildman–Crippen MR) is 91.5 cm³/mol. The summed E-state index contributed by atoms with van der Waals surface area (Å²) >= 11 is 0. The van der Waals surface area contributed by atoms with Gasteiger partial charge in [-0.2, -0.15) is 0 Å². The Hall–Kier alpha value is -0.370. The fourth-order valence-electron chi connectivity index (χ4n) is 2.82. The van der Waals surface area contributed by atoms with Crippen LogP contribution in [0.15, 0.2) is 0 Å². The first-order valence-electron chi connectivity index (χ1n) is 9.35. The van der Waals surface area contributed by atoms with Gasteiger partial charge in [-0.3, -0.25) is 0 Å². The molecule has 2 atom stereocenters. The van der Waals surface area contributed by atoms with Crippen LogP contribution in [0.25, 0.3) is 0 Å². The number of carbonyl (C=O) groups excluding carboxylic acids is 1. The minimum atomic E-state index is -0.486. The van der Waals surface area contributed by atoms with E-state index in [4.69, 9.17) is 0 Å². The predicted octanol–water partition coefficient (Wildman–Crippen LogP) is 5.66. The molecule has 0 bridgehead atoms. The van der Waals surface area contributed by atoms with Gasteiger partial charge in [-0.25, -0.2) is 0 Å². The van der Waals surface area contributed by atoms with Gasteiger partial charge < -0.3 is 9.90 Å². The largest absolute Gasteiger partial charge is 0.393 e. The lowest BCUT2D eigenvalue weighted by atomic mass is 9.97. The van der Waals surface area contributed by atoms with E-state index in [1.165, 1.54) is 77.0 Å². The van der Waals surface area contributed by atoms with E-state index in [0.717, 1.165) is 19.1 Å². The first kappa shape index (κ1) is 20.6. The highest BCUT2D eigenvalue weighted by Gasteiger charge is 2.12. The van der Waals surface area contributed by atoms with Gasteiger partial charge in [-0.05, 0) is 13.3 Å². The maximum atomic E-state index is 10.7.